The van der Waals surface area contributed by atoms with E-state index in [2.05, 4.69) is 17.6 Å². The van der Waals surface area contributed by atoms with Gasteiger partial charge in [0.15, 0.2) is 0 Å². The molecule has 0 spiro atoms. The molecule has 2 heterocycles. The first-order chi connectivity index (χ1) is 17.5. The van der Waals surface area contributed by atoms with Gasteiger partial charge in [0.1, 0.15) is 23.4 Å². The number of rotatable bonds is 7. The van der Waals surface area contributed by atoms with Crippen molar-refractivity contribution in [1.82, 2.24) is 15.3 Å². The molecular weight excluding hydrogens is 452 g/mol. The van der Waals surface area contributed by atoms with Gasteiger partial charge in [0.25, 0.3) is 0 Å². The Kier molecular flexibility index (Phi) is 7.00. The highest BCUT2D eigenvalue weighted by Crippen LogP contribution is 2.29. The van der Waals surface area contributed by atoms with E-state index in [9.17, 15) is 10.2 Å². The van der Waals surface area contributed by atoms with Gasteiger partial charge in [0, 0.05) is 22.9 Å². The number of benzene rings is 3. The van der Waals surface area contributed by atoms with E-state index >= 15 is 0 Å². The van der Waals surface area contributed by atoms with Crippen LogP contribution >= 0.6 is 0 Å². The Morgan fingerprint density at radius 2 is 1.42 bits per heavy atom. The molecule has 2 atom stereocenters. The van der Waals surface area contributed by atoms with Crippen molar-refractivity contribution in [3.05, 3.63) is 78.9 Å². The molecule has 3 aromatic carbocycles. The summed E-state index contributed by atoms with van der Waals surface area (Å²) in [6.45, 7) is 3.17. The molecule has 0 saturated carbocycles. The van der Waals surface area contributed by atoms with Crippen molar-refractivity contribution in [2.45, 2.75) is 38.3 Å². The van der Waals surface area contributed by atoms with Crippen LogP contribution in [-0.4, -0.2) is 38.9 Å². The summed E-state index contributed by atoms with van der Waals surface area (Å²) >= 11 is 0. The summed E-state index contributed by atoms with van der Waals surface area (Å²) in [5.41, 5.74) is 3.97. The molecule has 2 unspecified atom stereocenters. The second kappa shape index (κ2) is 10.7. The van der Waals surface area contributed by atoms with Crippen LogP contribution in [0.4, 0.5) is 11.6 Å². The number of anilines is 2. The first-order valence-corrected chi connectivity index (χ1v) is 12.3. The number of phenolic OH excluding ortho intramolecular Hbond substituents is 2. The van der Waals surface area contributed by atoms with Gasteiger partial charge in [0.05, 0.1) is 11.4 Å². The number of nitrogens with zero attached hydrogens (tertiary/aromatic N) is 2. The Bertz CT molecular complexity index is 1220. The minimum Gasteiger partial charge on any atom is -0.508 e. The number of phenols is 2. The summed E-state index contributed by atoms with van der Waals surface area (Å²) in [4.78, 5) is 9.42. The number of hydrogen-bond acceptors (Lipinski definition) is 7. The summed E-state index contributed by atoms with van der Waals surface area (Å²) < 4.78 is 6.17. The van der Waals surface area contributed by atoms with Crippen LogP contribution in [0.3, 0.4) is 0 Å². The van der Waals surface area contributed by atoms with E-state index in [1.807, 2.05) is 54.6 Å². The van der Waals surface area contributed by atoms with Gasteiger partial charge in [-0.15, -0.1) is 0 Å². The maximum absolute atomic E-state index is 9.68. The van der Waals surface area contributed by atoms with Crippen LogP contribution in [0.25, 0.3) is 22.5 Å². The SMILES string of the molecule is CC(Oc1ccc(Nc2nc(-c3ccc(O)cc3)cc(-c3ccc(O)cc3)n2)cc1)C1CCCCN1. The Morgan fingerprint density at radius 3 is 1.94 bits per heavy atom. The third-order valence-electron chi connectivity index (χ3n) is 6.40. The lowest BCUT2D eigenvalue weighted by atomic mass is 10.0. The quantitative estimate of drug-likeness (QED) is 0.261. The van der Waals surface area contributed by atoms with Crippen LogP contribution in [0.15, 0.2) is 78.9 Å². The van der Waals surface area contributed by atoms with Gasteiger partial charge in [0.2, 0.25) is 5.95 Å². The fourth-order valence-corrected chi connectivity index (χ4v) is 4.39. The third-order valence-corrected chi connectivity index (χ3v) is 6.40. The van der Waals surface area contributed by atoms with E-state index in [1.165, 1.54) is 12.8 Å². The van der Waals surface area contributed by atoms with Crippen LogP contribution in [0.5, 0.6) is 17.2 Å². The lowest BCUT2D eigenvalue weighted by Gasteiger charge is -2.29. The smallest absolute Gasteiger partial charge is 0.228 e. The second-order valence-electron chi connectivity index (χ2n) is 9.08. The maximum atomic E-state index is 9.68. The van der Waals surface area contributed by atoms with Crippen LogP contribution in [0.1, 0.15) is 26.2 Å². The highest BCUT2D eigenvalue weighted by molar-refractivity contribution is 5.71. The van der Waals surface area contributed by atoms with Crippen molar-refractivity contribution in [3.63, 3.8) is 0 Å². The number of nitrogens with one attached hydrogen (secondary N) is 2. The van der Waals surface area contributed by atoms with Gasteiger partial charge in [-0.2, -0.15) is 0 Å². The van der Waals surface area contributed by atoms with Crippen LogP contribution in [-0.2, 0) is 0 Å². The highest BCUT2D eigenvalue weighted by atomic mass is 16.5. The lowest BCUT2D eigenvalue weighted by molar-refractivity contribution is 0.152. The minimum atomic E-state index is 0.0994. The van der Waals surface area contributed by atoms with E-state index in [0.717, 1.165) is 35.5 Å². The number of aromatic hydroxyl groups is 2. The zero-order chi connectivity index (χ0) is 24.9. The number of hydrogen-bond donors (Lipinski definition) is 4. The Labute approximate surface area is 210 Å². The van der Waals surface area contributed by atoms with Crippen LogP contribution in [0.2, 0.25) is 0 Å². The molecule has 4 N–H and O–H groups in total. The molecule has 184 valence electrons. The Balaban J connectivity index is 1.38. The molecule has 0 amide bonds. The first kappa shape index (κ1) is 23.6. The van der Waals surface area contributed by atoms with Crippen molar-refractivity contribution in [3.8, 4) is 39.8 Å². The first-order valence-electron chi connectivity index (χ1n) is 12.3. The molecule has 1 aliphatic heterocycles. The van der Waals surface area contributed by atoms with E-state index < -0.39 is 0 Å². The fraction of sp³-hybridized carbons (Fsp3) is 0.241. The molecule has 0 bridgehead atoms. The summed E-state index contributed by atoms with van der Waals surface area (Å²) in [6.07, 6.45) is 3.71. The van der Waals surface area contributed by atoms with Gasteiger partial charge in [-0.3, -0.25) is 0 Å². The summed E-state index contributed by atoms with van der Waals surface area (Å²) in [7, 11) is 0. The second-order valence-corrected chi connectivity index (χ2v) is 9.08. The molecule has 7 heteroatoms. The van der Waals surface area contributed by atoms with E-state index in [4.69, 9.17) is 14.7 Å². The van der Waals surface area contributed by atoms with E-state index in [-0.39, 0.29) is 17.6 Å². The van der Waals surface area contributed by atoms with Crippen LogP contribution in [0, 0.1) is 0 Å². The number of aromatic nitrogens is 2. The Hall–Kier alpha value is -4.10. The number of ether oxygens (including phenoxy) is 1. The van der Waals surface area contributed by atoms with Gasteiger partial charge in [-0.25, -0.2) is 9.97 Å². The van der Waals surface area contributed by atoms with Gasteiger partial charge >= 0.3 is 0 Å². The monoisotopic (exact) mass is 482 g/mol. The average molecular weight is 483 g/mol. The minimum absolute atomic E-state index is 0.0994. The van der Waals surface area contributed by atoms with Crippen molar-refractivity contribution >= 4 is 11.6 Å². The molecule has 36 heavy (non-hydrogen) atoms. The average Bonchev–Trinajstić information content (AvgIpc) is 2.91. The molecule has 4 aromatic rings. The normalized spacial score (nSPS) is 16.3. The van der Waals surface area contributed by atoms with Crippen molar-refractivity contribution in [1.29, 1.82) is 0 Å². The standard InChI is InChI=1S/C29H30N4O3/c1-19(26-4-2-3-17-30-26)36-25-15-9-22(10-16-25)31-29-32-27(20-5-11-23(34)12-6-20)18-28(33-29)21-7-13-24(35)14-8-21/h5-16,18-19,26,30,34-35H,2-4,17H2,1H3,(H,31,32,33). The summed E-state index contributed by atoms with van der Waals surface area (Å²) in [5, 5.41) is 26.2. The lowest BCUT2D eigenvalue weighted by Crippen LogP contribution is -2.44. The molecule has 1 aliphatic rings. The predicted octanol–water partition coefficient (Wildman–Crippen LogP) is 5.87. The molecule has 1 saturated heterocycles. The topological polar surface area (TPSA) is 99.5 Å². The van der Waals surface area contributed by atoms with Crippen LogP contribution < -0.4 is 15.4 Å². The van der Waals surface area contributed by atoms with E-state index in [0.29, 0.717) is 23.4 Å². The van der Waals surface area contributed by atoms with Gasteiger partial charge in [-0.05, 0) is 105 Å². The summed E-state index contributed by atoms with van der Waals surface area (Å²) in [6, 6.07) is 23.9. The van der Waals surface area contributed by atoms with E-state index in [1.54, 1.807) is 24.3 Å². The maximum Gasteiger partial charge on any atom is 0.228 e. The highest BCUT2D eigenvalue weighted by Gasteiger charge is 2.20. The molecule has 5 rings (SSSR count). The van der Waals surface area contributed by atoms with Crippen molar-refractivity contribution in [2.75, 3.05) is 11.9 Å². The summed E-state index contributed by atoms with van der Waals surface area (Å²) in [5.74, 6) is 1.66. The van der Waals surface area contributed by atoms with Crippen molar-refractivity contribution in [2.24, 2.45) is 0 Å². The van der Waals surface area contributed by atoms with Gasteiger partial charge in [-0.1, -0.05) is 6.42 Å². The molecule has 1 fully saturated rings. The molecule has 0 aliphatic carbocycles. The molecule has 0 radical (unpaired) electrons. The Morgan fingerprint density at radius 1 is 0.833 bits per heavy atom. The zero-order valence-corrected chi connectivity index (χ0v) is 20.2. The molecular formula is C29H30N4O3. The molecule has 1 aromatic heterocycles. The van der Waals surface area contributed by atoms with Crippen molar-refractivity contribution < 1.29 is 14.9 Å². The molecule has 7 nitrogen and oxygen atoms in total. The third kappa shape index (κ3) is 5.75. The largest absolute Gasteiger partial charge is 0.508 e. The zero-order valence-electron chi connectivity index (χ0n) is 20.2. The fourth-order valence-electron chi connectivity index (χ4n) is 4.39. The number of piperidine rings is 1. The predicted molar refractivity (Wildman–Crippen MR) is 142 cm³/mol. The van der Waals surface area contributed by atoms with Gasteiger partial charge < -0.3 is 25.6 Å².